The SMILES string of the molecule is C1C[Se][Se][Se][Se]1. The van der Waals surface area contributed by atoms with Gasteiger partial charge in [0.2, 0.25) is 0 Å². The van der Waals surface area contributed by atoms with Gasteiger partial charge in [-0.1, -0.05) is 0 Å². The first-order valence-corrected chi connectivity index (χ1v) is 17.0. The Morgan fingerprint density at radius 2 is 1.33 bits per heavy atom. The van der Waals surface area contributed by atoms with Gasteiger partial charge in [0.1, 0.15) is 0 Å². The summed E-state index contributed by atoms with van der Waals surface area (Å²) in [6, 6.07) is 0. The van der Waals surface area contributed by atoms with Gasteiger partial charge in [0.15, 0.2) is 0 Å². The van der Waals surface area contributed by atoms with Crippen molar-refractivity contribution >= 4 is 48.9 Å². The molecule has 1 heterocycles. The van der Waals surface area contributed by atoms with E-state index >= 15 is 0 Å². The van der Waals surface area contributed by atoms with E-state index in [1.165, 1.54) is 22.6 Å². The second-order valence-corrected chi connectivity index (χ2v) is 27.6. The van der Waals surface area contributed by atoms with Crippen LogP contribution in [-0.2, 0) is 0 Å². The van der Waals surface area contributed by atoms with Crippen LogP contribution in [0.4, 0.5) is 0 Å². The van der Waals surface area contributed by atoms with Gasteiger partial charge in [-0.2, -0.15) is 0 Å². The fourth-order valence-corrected chi connectivity index (χ4v) is 47.7. The van der Waals surface area contributed by atoms with Gasteiger partial charge in [0.05, 0.1) is 0 Å². The predicted molar refractivity (Wildman–Crippen MR) is 32.6 cm³/mol. The molecule has 0 aromatic rings. The molecule has 0 radical (unpaired) electrons. The zero-order chi connectivity index (χ0) is 4.24. The monoisotopic (exact) mass is 348 g/mol. The molecule has 1 fully saturated rings. The Kier molecular flexibility index (Phi) is 4.14. The maximum atomic E-state index is 1.63. The van der Waals surface area contributed by atoms with E-state index in [-0.39, 0.29) is 0 Å². The molecule has 0 aliphatic carbocycles. The third kappa shape index (κ3) is 2.40. The Balaban J connectivity index is 2.00. The molecular weight excluding hydrogens is 340 g/mol. The molecule has 0 unspecified atom stereocenters. The fourth-order valence-electron chi connectivity index (χ4n) is 0.175. The van der Waals surface area contributed by atoms with Gasteiger partial charge in [0.25, 0.3) is 0 Å². The van der Waals surface area contributed by atoms with Crippen molar-refractivity contribution in [1.82, 2.24) is 0 Å². The molecule has 0 N–H and O–H groups in total. The molecule has 0 saturated carbocycles. The van der Waals surface area contributed by atoms with Crippen molar-refractivity contribution in [2.45, 2.75) is 10.6 Å². The summed E-state index contributed by atoms with van der Waals surface area (Å²) in [6.07, 6.45) is 0. The van der Waals surface area contributed by atoms with Crippen molar-refractivity contribution in [2.24, 2.45) is 0 Å². The second-order valence-electron chi connectivity index (χ2n) is 0.780. The Morgan fingerprint density at radius 1 is 0.833 bits per heavy atom. The standard InChI is InChI=1S/C2H4Se4/c1-2-4-6-5-3-1/h1-2H2. The van der Waals surface area contributed by atoms with Crippen LogP contribution in [0.1, 0.15) is 0 Å². The Bertz CT molecular complexity index is 21.0. The number of hydrogen-bond donors (Lipinski definition) is 0. The van der Waals surface area contributed by atoms with Gasteiger partial charge >= 0.3 is 59.5 Å². The summed E-state index contributed by atoms with van der Waals surface area (Å²) >= 11 is 4.73. The summed E-state index contributed by atoms with van der Waals surface area (Å²) in [5.41, 5.74) is 0. The van der Waals surface area contributed by atoms with Gasteiger partial charge in [-0.05, 0) is 0 Å². The van der Waals surface area contributed by atoms with E-state index in [9.17, 15) is 0 Å². The van der Waals surface area contributed by atoms with Gasteiger partial charge in [-0.25, -0.2) is 0 Å². The predicted octanol–water partition coefficient (Wildman–Crippen LogP) is -0.602. The van der Waals surface area contributed by atoms with Gasteiger partial charge in [-0.3, -0.25) is 0 Å². The first-order valence-electron chi connectivity index (χ1n) is 1.58. The molecule has 0 aromatic carbocycles. The Morgan fingerprint density at radius 3 is 1.50 bits per heavy atom. The van der Waals surface area contributed by atoms with E-state index in [2.05, 4.69) is 0 Å². The van der Waals surface area contributed by atoms with Gasteiger partial charge < -0.3 is 0 Å². The van der Waals surface area contributed by atoms with Gasteiger partial charge in [0, 0.05) is 0 Å². The fraction of sp³-hybridized carbons (Fsp3) is 1.00. The summed E-state index contributed by atoms with van der Waals surface area (Å²) in [6.45, 7) is 0. The van der Waals surface area contributed by atoms with E-state index in [4.69, 9.17) is 0 Å². The quantitative estimate of drug-likeness (QED) is 0.515. The van der Waals surface area contributed by atoms with E-state index in [1.807, 2.05) is 0 Å². The van der Waals surface area contributed by atoms with Crippen LogP contribution in [0.25, 0.3) is 0 Å². The summed E-state index contributed by atoms with van der Waals surface area (Å²) in [5.74, 6) is 0. The first-order chi connectivity index (χ1) is 3.00. The zero-order valence-corrected chi connectivity index (χ0v) is 9.90. The molecule has 4 heteroatoms. The molecule has 6 heavy (non-hydrogen) atoms. The molecule has 1 rings (SSSR count). The molecule has 1 aliphatic heterocycles. The van der Waals surface area contributed by atoms with Crippen molar-refractivity contribution in [3.8, 4) is 0 Å². The van der Waals surface area contributed by atoms with Crippen LogP contribution < -0.4 is 0 Å². The van der Waals surface area contributed by atoms with Gasteiger partial charge in [-0.15, -0.1) is 0 Å². The van der Waals surface area contributed by atoms with Crippen molar-refractivity contribution in [2.75, 3.05) is 0 Å². The van der Waals surface area contributed by atoms with Crippen LogP contribution >= 0.6 is 0 Å². The molecule has 36 valence electrons. The molecule has 1 aliphatic rings. The Labute approximate surface area is 58.9 Å². The molecule has 0 aromatic heterocycles. The van der Waals surface area contributed by atoms with E-state index in [0.29, 0.717) is 0 Å². The molecule has 0 atom stereocenters. The zero-order valence-electron chi connectivity index (χ0n) is 3.05. The topological polar surface area (TPSA) is 0 Å². The van der Waals surface area contributed by atoms with Crippen molar-refractivity contribution in [1.29, 1.82) is 0 Å². The molecule has 0 bridgehead atoms. The molecular formula is C2H4Se4. The summed E-state index contributed by atoms with van der Waals surface area (Å²) in [5, 5.41) is 3.27. The maximum absolute atomic E-state index is 1.63. The molecule has 0 nitrogen and oxygen atoms in total. The third-order valence-corrected chi connectivity index (χ3v) is 40.5. The average Bonchev–Trinajstić information content (AvgIpc) is 1.72. The normalized spacial score (nSPS) is 24.0. The number of hydrogen-bond acceptors (Lipinski definition) is 0. The summed E-state index contributed by atoms with van der Waals surface area (Å²) in [7, 11) is 0. The molecule has 1 saturated heterocycles. The Hall–Kier alpha value is 2.08. The van der Waals surface area contributed by atoms with Crippen LogP contribution in [0.5, 0.6) is 0 Å². The summed E-state index contributed by atoms with van der Waals surface area (Å²) < 4.78 is 0. The van der Waals surface area contributed by atoms with Crippen molar-refractivity contribution in [3.63, 3.8) is 0 Å². The van der Waals surface area contributed by atoms with E-state index < -0.39 is 0 Å². The first kappa shape index (κ1) is 6.20. The van der Waals surface area contributed by atoms with Crippen LogP contribution in [0.2, 0.25) is 10.6 Å². The van der Waals surface area contributed by atoms with E-state index in [1.54, 1.807) is 10.6 Å². The van der Waals surface area contributed by atoms with Crippen molar-refractivity contribution in [3.05, 3.63) is 0 Å². The average molecular weight is 344 g/mol. The number of rotatable bonds is 0. The second kappa shape index (κ2) is 4.01. The molecule has 0 amide bonds. The molecule has 0 spiro atoms. The third-order valence-electron chi connectivity index (χ3n) is 0.374. The minimum absolute atomic E-state index is 1.16. The van der Waals surface area contributed by atoms with Crippen LogP contribution in [-0.4, -0.2) is 48.9 Å². The van der Waals surface area contributed by atoms with Crippen molar-refractivity contribution < 1.29 is 0 Å². The van der Waals surface area contributed by atoms with E-state index in [0.717, 1.165) is 26.3 Å². The minimum atomic E-state index is 1.16. The van der Waals surface area contributed by atoms with Crippen LogP contribution in [0.3, 0.4) is 0 Å². The summed E-state index contributed by atoms with van der Waals surface area (Å²) in [4.78, 5) is 0. The van der Waals surface area contributed by atoms with Crippen LogP contribution in [0.15, 0.2) is 0 Å². The van der Waals surface area contributed by atoms with Crippen LogP contribution in [0, 0.1) is 0 Å².